The second-order valence-electron chi connectivity index (χ2n) is 5.02. The van der Waals surface area contributed by atoms with E-state index in [-0.39, 0.29) is 0 Å². The zero-order valence-electron chi connectivity index (χ0n) is 12.8. The summed E-state index contributed by atoms with van der Waals surface area (Å²) in [7, 11) is 4.06. The molecule has 4 heteroatoms. The van der Waals surface area contributed by atoms with Gasteiger partial charge >= 0.3 is 0 Å². The van der Waals surface area contributed by atoms with Crippen molar-refractivity contribution in [3.05, 3.63) is 47.5 Å². The average molecular weight is 297 g/mol. The Kier molecular flexibility index (Phi) is 4.77. The van der Waals surface area contributed by atoms with E-state index in [0.717, 1.165) is 16.3 Å². The number of nitrogens with one attached hydrogen (secondary N) is 1. The second-order valence-corrected chi connectivity index (χ2v) is 5.86. The van der Waals surface area contributed by atoms with Crippen LogP contribution in [0.2, 0.25) is 0 Å². The van der Waals surface area contributed by atoms with Crippen molar-refractivity contribution >= 4 is 28.8 Å². The maximum atomic E-state index is 9.38. The highest BCUT2D eigenvalue weighted by atomic mass is 32.2. The first-order valence-corrected chi connectivity index (χ1v) is 7.91. The Morgan fingerprint density at radius 1 is 1.19 bits per heavy atom. The lowest BCUT2D eigenvalue weighted by Crippen LogP contribution is -2.10. The third-order valence-corrected chi connectivity index (χ3v) is 4.11. The molecule has 0 radical (unpaired) electrons. The summed E-state index contributed by atoms with van der Waals surface area (Å²) in [5, 5.41) is 12.7. The first-order valence-electron chi connectivity index (χ1n) is 6.69. The van der Waals surface area contributed by atoms with Crippen molar-refractivity contribution in [1.82, 2.24) is 0 Å². The Hall–Kier alpha value is -2.12. The van der Waals surface area contributed by atoms with Gasteiger partial charge in [-0.15, -0.1) is 11.8 Å². The number of hydrogen-bond donors (Lipinski definition) is 1. The SMILES string of the molecule is CSc1cccc(Nc2ccc(C)c(N(C)C)c2)c1C#N. The molecule has 0 aliphatic rings. The molecule has 0 aliphatic heterocycles. The van der Waals surface area contributed by atoms with Gasteiger partial charge < -0.3 is 10.2 Å². The summed E-state index contributed by atoms with van der Waals surface area (Å²) in [6.45, 7) is 2.09. The van der Waals surface area contributed by atoms with Crippen LogP contribution in [0.3, 0.4) is 0 Å². The minimum Gasteiger partial charge on any atom is -0.377 e. The molecular weight excluding hydrogens is 278 g/mol. The predicted octanol–water partition coefficient (Wildman–Crippen LogP) is 4.40. The van der Waals surface area contributed by atoms with Crippen LogP contribution in [0, 0.1) is 18.3 Å². The third kappa shape index (κ3) is 3.32. The number of anilines is 3. The average Bonchev–Trinajstić information content (AvgIpc) is 2.48. The van der Waals surface area contributed by atoms with Crippen LogP contribution in [0.25, 0.3) is 0 Å². The van der Waals surface area contributed by atoms with Gasteiger partial charge in [-0.1, -0.05) is 12.1 Å². The van der Waals surface area contributed by atoms with Crippen LogP contribution < -0.4 is 10.2 Å². The van der Waals surface area contributed by atoms with Gasteiger partial charge in [-0.3, -0.25) is 0 Å². The van der Waals surface area contributed by atoms with Crippen molar-refractivity contribution in [2.75, 3.05) is 30.6 Å². The van der Waals surface area contributed by atoms with Crippen LogP contribution in [-0.4, -0.2) is 20.4 Å². The summed E-state index contributed by atoms with van der Waals surface area (Å²) < 4.78 is 0. The van der Waals surface area contributed by atoms with E-state index in [4.69, 9.17) is 0 Å². The van der Waals surface area contributed by atoms with Crippen LogP contribution in [0.1, 0.15) is 11.1 Å². The molecule has 1 N–H and O–H groups in total. The van der Waals surface area contributed by atoms with Gasteiger partial charge in [-0.2, -0.15) is 5.26 Å². The van der Waals surface area contributed by atoms with Crippen molar-refractivity contribution < 1.29 is 0 Å². The summed E-state index contributed by atoms with van der Waals surface area (Å²) in [6.07, 6.45) is 1.98. The van der Waals surface area contributed by atoms with Crippen molar-refractivity contribution in [3.8, 4) is 6.07 Å². The Labute approximate surface area is 130 Å². The van der Waals surface area contributed by atoms with Gasteiger partial charge in [-0.25, -0.2) is 0 Å². The van der Waals surface area contributed by atoms with Crippen molar-refractivity contribution in [2.45, 2.75) is 11.8 Å². The van der Waals surface area contributed by atoms with E-state index in [9.17, 15) is 5.26 Å². The standard InChI is InChI=1S/C17H19N3S/c1-12-8-9-13(10-16(12)20(2)3)19-15-6-5-7-17(21-4)14(15)11-18/h5-10,19H,1-4H3. The monoisotopic (exact) mass is 297 g/mol. The molecule has 0 spiro atoms. The van der Waals surface area contributed by atoms with Crippen LogP contribution >= 0.6 is 11.8 Å². The fourth-order valence-corrected chi connectivity index (χ4v) is 2.82. The van der Waals surface area contributed by atoms with Gasteiger partial charge in [0, 0.05) is 30.4 Å². The van der Waals surface area contributed by atoms with Crippen molar-refractivity contribution in [2.24, 2.45) is 0 Å². The Morgan fingerprint density at radius 2 is 1.95 bits per heavy atom. The molecule has 0 saturated carbocycles. The summed E-state index contributed by atoms with van der Waals surface area (Å²) in [5.74, 6) is 0. The summed E-state index contributed by atoms with van der Waals surface area (Å²) in [4.78, 5) is 3.08. The molecule has 0 aliphatic carbocycles. The van der Waals surface area contributed by atoms with E-state index in [1.165, 1.54) is 11.3 Å². The number of rotatable bonds is 4. The second kappa shape index (κ2) is 6.55. The number of nitriles is 1. The zero-order chi connectivity index (χ0) is 15.4. The number of thioether (sulfide) groups is 1. The van der Waals surface area contributed by atoms with Crippen LogP contribution in [-0.2, 0) is 0 Å². The fraction of sp³-hybridized carbons (Fsp3) is 0.235. The van der Waals surface area contributed by atoms with Gasteiger partial charge in [0.15, 0.2) is 0 Å². The van der Waals surface area contributed by atoms with E-state index < -0.39 is 0 Å². The van der Waals surface area contributed by atoms with E-state index in [2.05, 4.69) is 35.3 Å². The van der Waals surface area contributed by atoms with Gasteiger partial charge in [0.2, 0.25) is 0 Å². The molecule has 2 aromatic carbocycles. The molecule has 0 unspecified atom stereocenters. The lowest BCUT2D eigenvalue weighted by atomic mass is 10.1. The topological polar surface area (TPSA) is 39.1 Å². The summed E-state index contributed by atoms with van der Waals surface area (Å²) in [6, 6.07) is 14.4. The quantitative estimate of drug-likeness (QED) is 0.849. The minimum absolute atomic E-state index is 0.692. The summed E-state index contributed by atoms with van der Waals surface area (Å²) in [5.41, 5.74) is 4.91. The molecule has 3 nitrogen and oxygen atoms in total. The first-order chi connectivity index (χ1) is 10.1. The number of benzene rings is 2. The highest BCUT2D eigenvalue weighted by Crippen LogP contribution is 2.30. The van der Waals surface area contributed by atoms with Crippen molar-refractivity contribution in [1.29, 1.82) is 5.26 Å². The molecular formula is C17H19N3S. The van der Waals surface area contributed by atoms with Gasteiger partial charge in [0.25, 0.3) is 0 Å². The van der Waals surface area contributed by atoms with Crippen LogP contribution in [0.4, 0.5) is 17.1 Å². The molecule has 2 rings (SSSR count). The van der Waals surface area contributed by atoms with Crippen LogP contribution in [0.5, 0.6) is 0 Å². The Bertz CT molecular complexity index is 687. The number of hydrogen-bond acceptors (Lipinski definition) is 4. The molecule has 0 aromatic heterocycles. The number of aryl methyl sites for hydroxylation is 1. The van der Waals surface area contributed by atoms with Crippen LogP contribution in [0.15, 0.2) is 41.3 Å². The van der Waals surface area contributed by atoms with E-state index in [0.29, 0.717) is 5.56 Å². The zero-order valence-corrected chi connectivity index (χ0v) is 13.6. The van der Waals surface area contributed by atoms with E-state index >= 15 is 0 Å². The lowest BCUT2D eigenvalue weighted by Gasteiger charge is -2.18. The smallest absolute Gasteiger partial charge is 0.103 e. The molecule has 0 heterocycles. The van der Waals surface area contributed by atoms with Gasteiger partial charge in [0.1, 0.15) is 6.07 Å². The normalized spacial score (nSPS) is 10.0. The number of nitrogens with zero attached hydrogens (tertiary/aromatic N) is 2. The van der Waals surface area contributed by atoms with E-state index in [1.807, 2.05) is 44.6 Å². The van der Waals surface area contributed by atoms with Crippen molar-refractivity contribution in [3.63, 3.8) is 0 Å². The lowest BCUT2D eigenvalue weighted by molar-refractivity contribution is 1.11. The molecule has 0 amide bonds. The molecule has 0 saturated heterocycles. The maximum absolute atomic E-state index is 9.38. The molecule has 2 aromatic rings. The Morgan fingerprint density at radius 3 is 2.57 bits per heavy atom. The largest absolute Gasteiger partial charge is 0.377 e. The Balaban J connectivity index is 2.39. The molecule has 0 atom stereocenters. The predicted molar refractivity (Wildman–Crippen MR) is 91.7 cm³/mol. The first kappa shape index (κ1) is 15.3. The molecule has 0 fully saturated rings. The molecule has 0 bridgehead atoms. The highest BCUT2D eigenvalue weighted by molar-refractivity contribution is 7.98. The van der Waals surface area contributed by atoms with Gasteiger partial charge in [0.05, 0.1) is 11.3 Å². The third-order valence-electron chi connectivity index (χ3n) is 3.33. The summed E-state index contributed by atoms with van der Waals surface area (Å²) >= 11 is 1.58. The van der Waals surface area contributed by atoms with E-state index in [1.54, 1.807) is 11.8 Å². The maximum Gasteiger partial charge on any atom is 0.103 e. The molecule has 108 valence electrons. The minimum atomic E-state index is 0.692. The fourth-order valence-electron chi connectivity index (χ4n) is 2.25. The molecule has 21 heavy (non-hydrogen) atoms. The van der Waals surface area contributed by atoms with Gasteiger partial charge in [-0.05, 0) is 43.0 Å². The highest BCUT2D eigenvalue weighted by Gasteiger charge is 2.08.